The second-order valence-corrected chi connectivity index (χ2v) is 11.8. The van der Waals surface area contributed by atoms with Gasteiger partial charge < -0.3 is 14.8 Å². The number of nitrogens with two attached hydrogens (primary N) is 1. The molecule has 2 aromatic rings. The lowest BCUT2D eigenvalue weighted by Gasteiger charge is -2.28. The van der Waals surface area contributed by atoms with Crippen molar-refractivity contribution in [1.29, 1.82) is 0 Å². The van der Waals surface area contributed by atoms with Crippen molar-refractivity contribution in [3.63, 3.8) is 0 Å². The van der Waals surface area contributed by atoms with Crippen molar-refractivity contribution in [1.82, 2.24) is 9.97 Å². The van der Waals surface area contributed by atoms with Crippen LogP contribution in [0, 0.1) is 11.8 Å². The lowest BCUT2D eigenvalue weighted by Crippen LogP contribution is -2.26. The molecule has 0 amide bonds. The highest BCUT2D eigenvalue weighted by atomic mass is 32.2. The first kappa shape index (κ1) is 24.1. The maximum Gasteiger partial charge on any atom is 0.333 e. The summed E-state index contributed by atoms with van der Waals surface area (Å²) in [5.74, 6) is 1.50. The zero-order chi connectivity index (χ0) is 23.8. The van der Waals surface area contributed by atoms with Crippen molar-refractivity contribution in [3.05, 3.63) is 40.0 Å². The van der Waals surface area contributed by atoms with Crippen molar-refractivity contribution in [2.24, 2.45) is 17.0 Å². The maximum absolute atomic E-state index is 11.1. The maximum atomic E-state index is 11.1. The highest BCUT2D eigenvalue weighted by Gasteiger charge is 2.50. The van der Waals surface area contributed by atoms with Gasteiger partial charge in [-0.3, -0.25) is 4.18 Å². The molecule has 1 aliphatic heterocycles. The quantitative estimate of drug-likeness (QED) is 0.500. The minimum absolute atomic E-state index is 0.108. The molecule has 3 fully saturated rings. The Hall–Kier alpha value is -1.63. The van der Waals surface area contributed by atoms with Gasteiger partial charge in [0.2, 0.25) is 0 Å². The minimum Gasteiger partial charge on any atom is -0.371 e. The van der Waals surface area contributed by atoms with E-state index in [0.29, 0.717) is 5.92 Å². The average Bonchev–Trinajstić information content (AvgIpc) is 3.19. The Morgan fingerprint density at radius 1 is 1.35 bits per heavy atom. The van der Waals surface area contributed by atoms with Crippen LogP contribution in [0.15, 0.2) is 24.0 Å². The Morgan fingerprint density at radius 2 is 2.21 bits per heavy atom. The smallest absolute Gasteiger partial charge is 0.333 e. The third-order valence-electron chi connectivity index (χ3n) is 7.26. The lowest BCUT2D eigenvalue weighted by atomic mass is 9.87. The van der Waals surface area contributed by atoms with E-state index in [2.05, 4.69) is 26.7 Å². The molecular weight excluding hydrogens is 476 g/mol. The van der Waals surface area contributed by atoms with Crippen molar-refractivity contribution < 1.29 is 22.1 Å². The third-order valence-corrected chi connectivity index (χ3v) is 8.71. The van der Waals surface area contributed by atoms with E-state index in [-0.39, 0.29) is 30.3 Å². The first-order valence-corrected chi connectivity index (χ1v) is 14.2. The van der Waals surface area contributed by atoms with Gasteiger partial charge in [-0.2, -0.15) is 8.42 Å². The summed E-state index contributed by atoms with van der Waals surface area (Å²) in [6.07, 6.45) is 10.3. The van der Waals surface area contributed by atoms with Gasteiger partial charge in [0.05, 0.1) is 12.2 Å². The van der Waals surface area contributed by atoms with Gasteiger partial charge in [0.15, 0.2) is 0 Å². The van der Waals surface area contributed by atoms with Crippen molar-refractivity contribution in [2.75, 3.05) is 25.6 Å². The summed E-state index contributed by atoms with van der Waals surface area (Å²) in [6.45, 7) is 0.942. The molecule has 0 bridgehead atoms. The number of thiophene rings is 1. The number of hydrogen-bond acceptors (Lipinski definition) is 9. The summed E-state index contributed by atoms with van der Waals surface area (Å²) in [5.41, 5.74) is 2.03. The van der Waals surface area contributed by atoms with Gasteiger partial charge in [-0.25, -0.2) is 15.1 Å². The molecule has 3 heterocycles. The van der Waals surface area contributed by atoms with Gasteiger partial charge in [-0.05, 0) is 73.8 Å². The van der Waals surface area contributed by atoms with E-state index in [1.165, 1.54) is 24.7 Å². The van der Waals surface area contributed by atoms with Crippen molar-refractivity contribution in [3.8, 4) is 0 Å². The van der Waals surface area contributed by atoms with Crippen molar-refractivity contribution in [2.45, 2.75) is 62.7 Å². The number of nitrogens with zero attached hydrogens (tertiary/aromatic N) is 2. The largest absolute Gasteiger partial charge is 0.371 e. The average molecular weight is 509 g/mol. The van der Waals surface area contributed by atoms with Crippen LogP contribution in [0.2, 0.25) is 0 Å². The van der Waals surface area contributed by atoms with E-state index in [4.69, 9.17) is 18.8 Å². The van der Waals surface area contributed by atoms with Gasteiger partial charge in [0.1, 0.15) is 18.2 Å². The number of rotatable bonds is 10. The van der Waals surface area contributed by atoms with Crippen molar-refractivity contribution >= 4 is 27.5 Å². The molecule has 3 N–H and O–H groups in total. The second kappa shape index (κ2) is 9.79. The van der Waals surface area contributed by atoms with Gasteiger partial charge in [0.25, 0.3) is 0 Å². The number of hydrogen-bond donors (Lipinski definition) is 2. The van der Waals surface area contributed by atoms with Crippen LogP contribution >= 0.6 is 11.3 Å². The molecule has 2 aliphatic carbocycles. The number of ether oxygens (including phenoxy) is 2. The highest BCUT2D eigenvalue weighted by Crippen LogP contribution is 2.54. The molecule has 9 nitrogen and oxygen atoms in total. The summed E-state index contributed by atoms with van der Waals surface area (Å²) in [5, 5.41) is 10.7. The second-order valence-electron chi connectivity index (χ2n) is 9.59. The molecule has 2 aromatic heterocycles. The summed E-state index contributed by atoms with van der Waals surface area (Å²) < 4.78 is 39.3. The molecular formula is C23H32N4O5S2. The number of nitrogens with one attached hydrogen (secondary N) is 1. The van der Waals surface area contributed by atoms with Crippen LogP contribution in [0.4, 0.5) is 5.82 Å². The SMILES string of the molecule is COC(c1cc(C2(C3CC3)CCCO2)cs1)c1cncnc1N[C@H]1CC[C@@H](COS(N)(=O)=O)C1. The van der Waals surface area contributed by atoms with E-state index in [9.17, 15) is 8.42 Å². The molecule has 0 radical (unpaired) electrons. The molecule has 4 atom stereocenters. The third kappa shape index (κ3) is 5.14. The molecule has 0 aromatic carbocycles. The van der Waals surface area contributed by atoms with E-state index >= 15 is 0 Å². The van der Waals surface area contributed by atoms with Crippen LogP contribution in [-0.2, 0) is 29.6 Å². The Bertz CT molecular complexity index is 1100. The standard InChI is InChI=1S/C23H32N4O5S2/c1-30-21(20-10-17(13-33-20)23(16-4-5-16)7-2-8-31-23)19-11-25-14-26-22(19)27-18-6-3-15(9-18)12-32-34(24,28)29/h10-11,13-16,18,21H,2-9,12H2,1H3,(H2,24,28,29)(H,25,26,27)/t15-,18+,21?,23?/m1/s1. The molecule has 186 valence electrons. The van der Waals surface area contributed by atoms with Crippen LogP contribution in [0.1, 0.15) is 67.1 Å². The van der Waals surface area contributed by atoms with Gasteiger partial charge >= 0.3 is 10.3 Å². The lowest BCUT2D eigenvalue weighted by molar-refractivity contribution is -0.0191. The fourth-order valence-electron chi connectivity index (χ4n) is 5.50. The molecule has 34 heavy (non-hydrogen) atoms. The fourth-order valence-corrected chi connectivity index (χ4v) is 6.95. The van der Waals surface area contributed by atoms with Crippen LogP contribution in [0.25, 0.3) is 0 Å². The van der Waals surface area contributed by atoms with E-state index < -0.39 is 10.3 Å². The number of anilines is 1. The minimum atomic E-state index is -3.92. The molecule has 0 spiro atoms. The molecule has 3 aliphatic rings. The van der Waals surface area contributed by atoms with Gasteiger partial charge in [0, 0.05) is 36.4 Å². The summed E-state index contributed by atoms with van der Waals surface area (Å²) in [4.78, 5) is 9.89. The van der Waals surface area contributed by atoms with E-state index in [0.717, 1.165) is 55.0 Å². The zero-order valence-electron chi connectivity index (χ0n) is 19.3. The predicted molar refractivity (Wildman–Crippen MR) is 129 cm³/mol. The van der Waals surface area contributed by atoms with Crippen LogP contribution < -0.4 is 10.5 Å². The zero-order valence-corrected chi connectivity index (χ0v) is 20.9. The first-order valence-electron chi connectivity index (χ1n) is 11.9. The Morgan fingerprint density at radius 3 is 2.91 bits per heavy atom. The van der Waals surface area contributed by atoms with E-state index in [1.54, 1.807) is 18.4 Å². The number of aromatic nitrogens is 2. The monoisotopic (exact) mass is 508 g/mol. The van der Waals surface area contributed by atoms with Gasteiger partial charge in [-0.1, -0.05) is 0 Å². The van der Waals surface area contributed by atoms with Crippen LogP contribution in [0.3, 0.4) is 0 Å². The molecule has 2 unspecified atom stereocenters. The Kier molecular flexibility index (Phi) is 6.93. The molecule has 11 heteroatoms. The summed E-state index contributed by atoms with van der Waals surface area (Å²) >= 11 is 1.69. The molecule has 2 saturated carbocycles. The number of methoxy groups -OCH3 is 1. The molecule has 1 saturated heterocycles. The van der Waals surface area contributed by atoms with Crippen LogP contribution in [0.5, 0.6) is 0 Å². The topological polar surface area (TPSA) is 126 Å². The Labute approximate surface area is 204 Å². The Balaban J connectivity index is 1.31. The molecule has 5 rings (SSSR count). The van der Waals surface area contributed by atoms with Gasteiger partial charge in [-0.15, -0.1) is 11.3 Å². The predicted octanol–water partition coefficient (Wildman–Crippen LogP) is 3.49. The van der Waals surface area contributed by atoms with Crippen LogP contribution in [-0.4, -0.2) is 44.8 Å². The fraction of sp³-hybridized carbons (Fsp3) is 0.652. The first-order chi connectivity index (χ1) is 16.4. The summed E-state index contributed by atoms with van der Waals surface area (Å²) in [6, 6.07) is 2.40. The van der Waals surface area contributed by atoms with E-state index in [1.807, 2.05) is 6.20 Å². The highest BCUT2D eigenvalue weighted by molar-refractivity contribution is 7.84. The summed E-state index contributed by atoms with van der Waals surface area (Å²) in [7, 11) is -2.21. The normalized spacial score (nSPS) is 28.3.